The molecule has 0 amide bonds. The van der Waals surface area contributed by atoms with Crippen LogP contribution in [0.25, 0.3) is 0 Å². The van der Waals surface area contributed by atoms with Gasteiger partial charge in [-0.05, 0) is 50.5 Å². The van der Waals surface area contributed by atoms with Crippen LogP contribution in [0.1, 0.15) is 32.6 Å². The monoisotopic (exact) mass is 249 g/mol. The number of ether oxygens (including phenoxy) is 1. The van der Waals surface area contributed by atoms with E-state index >= 15 is 0 Å². The van der Waals surface area contributed by atoms with Crippen molar-refractivity contribution in [1.82, 2.24) is 0 Å². The second-order valence-corrected chi connectivity index (χ2v) is 5.47. The highest BCUT2D eigenvalue weighted by Gasteiger charge is 2.58. The average molecular weight is 249 g/mol. The molecule has 1 spiro atoms. The van der Waals surface area contributed by atoms with Crippen LogP contribution >= 0.6 is 0 Å². The van der Waals surface area contributed by atoms with Gasteiger partial charge < -0.3 is 10.1 Å². The third kappa shape index (κ3) is 1.81. The summed E-state index contributed by atoms with van der Waals surface area (Å²) in [5, 5.41) is 3.54. The summed E-state index contributed by atoms with van der Waals surface area (Å²) >= 11 is 0. The molecule has 18 heavy (non-hydrogen) atoms. The smallest absolute Gasteiger partial charge is 0.123 e. The summed E-state index contributed by atoms with van der Waals surface area (Å²) in [5.41, 5.74) is 1.37. The Morgan fingerprint density at radius 2 is 2.06 bits per heavy atom. The molecule has 2 aliphatic rings. The van der Waals surface area contributed by atoms with Crippen LogP contribution in [0, 0.1) is 11.2 Å². The van der Waals surface area contributed by atoms with Gasteiger partial charge in [0.1, 0.15) is 5.82 Å². The van der Waals surface area contributed by atoms with Crippen molar-refractivity contribution < 1.29 is 9.13 Å². The van der Waals surface area contributed by atoms with Crippen molar-refractivity contribution in [3.05, 3.63) is 30.1 Å². The fourth-order valence-electron chi connectivity index (χ4n) is 3.39. The molecule has 0 aliphatic heterocycles. The van der Waals surface area contributed by atoms with Gasteiger partial charge in [0.05, 0.1) is 6.10 Å². The largest absolute Gasteiger partial charge is 0.382 e. The quantitative estimate of drug-likeness (QED) is 0.880. The highest BCUT2D eigenvalue weighted by atomic mass is 19.1. The maximum Gasteiger partial charge on any atom is 0.123 e. The highest BCUT2D eigenvalue weighted by molar-refractivity contribution is 5.45. The van der Waals surface area contributed by atoms with Crippen molar-refractivity contribution in [1.29, 1.82) is 0 Å². The molecule has 0 radical (unpaired) electrons. The minimum absolute atomic E-state index is 0.181. The van der Waals surface area contributed by atoms with Crippen molar-refractivity contribution in [3.63, 3.8) is 0 Å². The first-order valence-electron chi connectivity index (χ1n) is 6.88. The normalized spacial score (nSPS) is 28.6. The Hall–Kier alpha value is -1.09. The van der Waals surface area contributed by atoms with Crippen molar-refractivity contribution in [2.45, 2.75) is 44.8 Å². The Balaban J connectivity index is 1.66. The Morgan fingerprint density at radius 1 is 1.33 bits per heavy atom. The number of nitrogens with one attached hydrogen (secondary N) is 1. The zero-order valence-corrected chi connectivity index (χ0v) is 10.8. The number of halogens is 1. The third-order valence-electron chi connectivity index (χ3n) is 4.62. The van der Waals surface area contributed by atoms with Crippen LogP contribution in [0.2, 0.25) is 0 Å². The minimum Gasteiger partial charge on any atom is -0.382 e. The maximum absolute atomic E-state index is 12.9. The molecule has 3 rings (SSSR count). The molecule has 3 heteroatoms. The van der Waals surface area contributed by atoms with Gasteiger partial charge in [0.25, 0.3) is 0 Å². The number of rotatable bonds is 4. The summed E-state index contributed by atoms with van der Waals surface area (Å²) in [6, 6.07) is 7.14. The van der Waals surface area contributed by atoms with E-state index in [0.29, 0.717) is 17.6 Å². The molecule has 0 aromatic heterocycles. The SMILES string of the molecule is CCOC1CC(Nc2ccc(F)cc2)C12CCC2. The van der Waals surface area contributed by atoms with Crippen molar-refractivity contribution in [3.8, 4) is 0 Å². The molecule has 2 aliphatic carbocycles. The lowest BCUT2D eigenvalue weighted by Gasteiger charge is -2.61. The van der Waals surface area contributed by atoms with Gasteiger partial charge in [-0.15, -0.1) is 0 Å². The molecule has 2 unspecified atom stereocenters. The number of anilines is 1. The third-order valence-corrected chi connectivity index (χ3v) is 4.62. The Morgan fingerprint density at radius 3 is 2.61 bits per heavy atom. The number of hydrogen-bond donors (Lipinski definition) is 1. The Bertz CT molecular complexity index is 413. The van der Waals surface area contributed by atoms with Crippen LogP contribution in [0.5, 0.6) is 0 Å². The molecular formula is C15H20FNO. The minimum atomic E-state index is -0.181. The van der Waals surface area contributed by atoms with Crippen LogP contribution in [-0.2, 0) is 4.74 Å². The first-order valence-corrected chi connectivity index (χ1v) is 6.88. The van der Waals surface area contributed by atoms with E-state index in [9.17, 15) is 4.39 Å². The lowest BCUT2D eigenvalue weighted by Crippen LogP contribution is -2.64. The lowest BCUT2D eigenvalue weighted by atomic mass is 9.51. The molecule has 2 atom stereocenters. The number of benzene rings is 1. The van der Waals surface area contributed by atoms with Gasteiger partial charge >= 0.3 is 0 Å². The van der Waals surface area contributed by atoms with E-state index in [1.165, 1.54) is 31.4 Å². The zero-order valence-electron chi connectivity index (χ0n) is 10.8. The van der Waals surface area contributed by atoms with Crippen LogP contribution < -0.4 is 5.32 Å². The van der Waals surface area contributed by atoms with Gasteiger partial charge in [-0.2, -0.15) is 0 Å². The first kappa shape index (κ1) is 12.0. The maximum atomic E-state index is 12.9. The Labute approximate surface area is 108 Å². The van der Waals surface area contributed by atoms with E-state index in [2.05, 4.69) is 12.2 Å². The van der Waals surface area contributed by atoms with Gasteiger partial charge in [0.2, 0.25) is 0 Å². The topological polar surface area (TPSA) is 21.3 Å². The molecule has 2 fully saturated rings. The van der Waals surface area contributed by atoms with Crippen LogP contribution in [0.4, 0.5) is 10.1 Å². The summed E-state index contributed by atoms with van der Waals surface area (Å²) < 4.78 is 18.7. The van der Waals surface area contributed by atoms with Crippen molar-refractivity contribution >= 4 is 5.69 Å². The van der Waals surface area contributed by atoms with E-state index in [1.807, 2.05) is 12.1 Å². The fourth-order valence-corrected chi connectivity index (χ4v) is 3.39. The molecule has 1 aromatic carbocycles. The molecular weight excluding hydrogens is 229 g/mol. The Kier molecular flexibility index (Phi) is 3.02. The fraction of sp³-hybridized carbons (Fsp3) is 0.600. The van der Waals surface area contributed by atoms with Gasteiger partial charge in [0.15, 0.2) is 0 Å². The molecule has 2 nitrogen and oxygen atoms in total. The molecule has 0 bridgehead atoms. The van der Waals surface area contributed by atoms with E-state index in [1.54, 1.807) is 0 Å². The first-order chi connectivity index (χ1) is 8.74. The molecule has 1 N–H and O–H groups in total. The van der Waals surface area contributed by atoms with Gasteiger partial charge in [-0.1, -0.05) is 6.42 Å². The van der Waals surface area contributed by atoms with Crippen molar-refractivity contribution in [2.24, 2.45) is 5.41 Å². The molecule has 0 saturated heterocycles. The van der Waals surface area contributed by atoms with Gasteiger partial charge in [-0.25, -0.2) is 4.39 Å². The molecule has 2 saturated carbocycles. The standard InChI is InChI=1S/C15H20FNO/c1-2-18-14-10-13(15(14)8-3-9-15)17-12-6-4-11(16)5-7-12/h4-7,13-14,17H,2-3,8-10H2,1H3. The van der Waals surface area contributed by atoms with E-state index in [-0.39, 0.29) is 5.82 Å². The average Bonchev–Trinajstić information content (AvgIpc) is 2.28. The van der Waals surface area contributed by atoms with Crippen LogP contribution in [0.15, 0.2) is 24.3 Å². The molecule has 98 valence electrons. The zero-order chi connectivity index (χ0) is 12.6. The summed E-state index contributed by atoms with van der Waals surface area (Å²) in [7, 11) is 0. The van der Waals surface area contributed by atoms with Gasteiger partial charge in [0, 0.05) is 23.8 Å². The van der Waals surface area contributed by atoms with Crippen LogP contribution in [0.3, 0.4) is 0 Å². The van der Waals surface area contributed by atoms with Crippen LogP contribution in [-0.4, -0.2) is 18.8 Å². The van der Waals surface area contributed by atoms with E-state index in [0.717, 1.165) is 18.7 Å². The summed E-state index contributed by atoms with van der Waals surface area (Å²) in [4.78, 5) is 0. The highest BCUT2D eigenvalue weighted by Crippen LogP contribution is 2.58. The van der Waals surface area contributed by atoms with Crippen molar-refractivity contribution in [2.75, 3.05) is 11.9 Å². The predicted octanol–water partition coefficient (Wildman–Crippen LogP) is 3.59. The second-order valence-electron chi connectivity index (χ2n) is 5.47. The predicted molar refractivity (Wildman–Crippen MR) is 70.1 cm³/mol. The summed E-state index contributed by atoms with van der Waals surface area (Å²) in [6.45, 7) is 2.86. The van der Waals surface area contributed by atoms with E-state index < -0.39 is 0 Å². The second kappa shape index (κ2) is 4.54. The molecule has 0 heterocycles. The number of hydrogen-bond acceptors (Lipinski definition) is 2. The van der Waals surface area contributed by atoms with Gasteiger partial charge in [-0.3, -0.25) is 0 Å². The summed E-state index contributed by atoms with van der Waals surface area (Å²) in [5.74, 6) is -0.181. The molecule has 1 aromatic rings. The lowest BCUT2D eigenvalue weighted by molar-refractivity contribution is -0.157. The van der Waals surface area contributed by atoms with E-state index in [4.69, 9.17) is 4.74 Å². The summed E-state index contributed by atoms with van der Waals surface area (Å²) in [6.07, 6.45) is 5.33.